The number of nitrogens with zero attached hydrogens (tertiary/aromatic N) is 3. The van der Waals surface area contributed by atoms with Gasteiger partial charge in [-0.3, -0.25) is 19.2 Å². The van der Waals surface area contributed by atoms with Gasteiger partial charge in [-0.2, -0.15) is 0 Å². The summed E-state index contributed by atoms with van der Waals surface area (Å²) < 4.78 is 31.0. The number of carbonyl (C=O) groups is 6. The van der Waals surface area contributed by atoms with E-state index in [4.69, 9.17) is 19.7 Å². The number of carboxylic acid groups (broad SMARTS) is 1. The summed E-state index contributed by atoms with van der Waals surface area (Å²) >= 11 is 0. The summed E-state index contributed by atoms with van der Waals surface area (Å²) in [6.45, 7) is 0.735. The minimum atomic E-state index is -3.80. The second kappa shape index (κ2) is 19.7. The van der Waals surface area contributed by atoms with Crippen LogP contribution in [0.4, 0.5) is 0 Å². The first-order valence-electron chi connectivity index (χ1n) is 15.8. The number of carbonyl (C=O) groups excluding carboxylic acids is 5. The number of amides is 3. The number of aliphatic hydroxyl groups excluding tert-OH is 2. The fraction of sp³-hybridized carbons (Fsp3) is 0.621. The molecular weight excluding hydrogens is 699 g/mol. The molecule has 9 N–H and O–H groups in total. The van der Waals surface area contributed by atoms with E-state index in [1.54, 1.807) is 0 Å². The molecule has 51 heavy (non-hydrogen) atoms. The first kappa shape index (κ1) is 42.6. The Labute approximate surface area is 293 Å². The summed E-state index contributed by atoms with van der Waals surface area (Å²) in [6.07, 6.45) is -0.582. The van der Waals surface area contributed by atoms with Gasteiger partial charge in [0.25, 0.3) is 5.76 Å². The number of nitrogens with one attached hydrogen (secondary N) is 4. The third-order valence-electron chi connectivity index (χ3n) is 7.44. The van der Waals surface area contributed by atoms with Gasteiger partial charge in [-0.25, -0.2) is 28.5 Å². The molecule has 2 rings (SSSR count). The zero-order valence-electron chi connectivity index (χ0n) is 29.0. The number of aromatic nitrogens is 2. The average Bonchev–Trinajstić information content (AvgIpc) is 3.68. The van der Waals surface area contributed by atoms with Crippen LogP contribution in [0, 0.1) is 0 Å². The maximum Gasteiger partial charge on any atom is 0.395 e. The summed E-state index contributed by atoms with van der Waals surface area (Å²) in [5.41, 5.74) is 6.01. The van der Waals surface area contributed by atoms with Crippen molar-refractivity contribution in [2.75, 3.05) is 41.3 Å². The van der Waals surface area contributed by atoms with Crippen LogP contribution < -0.4 is 21.7 Å². The number of nitrogens with two attached hydrogens (primary N) is 1. The van der Waals surface area contributed by atoms with Gasteiger partial charge in [0.1, 0.15) is 18.1 Å². The Bertz CT molecular complexity index is 1460. The van der Waals surface area contributed by atoms with E-state index in [2.05, 4.69) is 25.9 Å². The van der Waals surface area contributed by atoms with Gasteiger partial charge in [0.15, 0.2) is 11.9 Å². The molecule has 0 saturated heterocycles. The summed E-state index contributed by atoms with van der Waals surface area (Å²) in [6, 6.07) is -3.67. The van der Waals surface area contributed by atoms with Gasteiger partial charge >= 0.3 is 25.6 Å². The third-order valence-corrected chi connectivity index (χ3v) is 9.89. The molecule has 5 unspecified atom stereocenters. The van der Waals surface area contributed by atoms with Gasteiger partial charge < -0.3 is 56.0 Å². The van der Waals surface area contributed by atoms with Gasteiger partial charge in [0.05, 0.1) is 19.4 Å². The largest absolute Gasteiger partial charge is 0.505 e. The van der Waals surface area contributed by atoms with Crippen molar-refractivity contribution in [3.63, 3.8) is 0 Å². The Hall–Kier alpha value is -4.56. The topological polar surface area (TPSA) is 305 Å². The van der Waals surface area contributed by atoms with Crippen LogP contribution in [0.2, 0.25) is 0 Å². The van der Waals surface area contributed by atoms with Crippen LogP contribution in [0.1, 0.15) is 44.7 Å². The van der Waals surface area contributed by atoms with Gasteiger partial charge in [0.2, 0.25) is 23.8 Å². The van der Waals surface area contributed by atoms with Gasteiger partial charge in [-0.15, -0.1) is 0 Å². The molecule has 2 heterocycles. The first-order valence-corrected chi connectivity index (χ1v) is 17.4. The van der Waals surface area contributed by atoms with Crippen molar-refractivity contribution in [3.8, 4) is 0 Å². The van der Waals surface area contributed by atoms with E-state index in [-0.39, 0.29) is 12.8 Å². The van der Waals surface area contributed by atoms with Crippen molar-refractivity contribution in [1.29, 1.82) is 0 Å². The highest BCUT2D eigenvalue weighted by atomic mass is 31.2. The van der Waals surface area contributed by atoms with Crippen molar-refractivity contribution in [2.24, 2.45) is 5.73 Å². The molecule has 0 spiro atoms. The molecule has 0 fully saturated rings. The molecule has 0 radical (unpaired) electrons. The normalized spacial score (nSPS) is 17.0. The number of cyclic esters (lactones) is 1. The number of aromatic amines is 1. The second-order valence-corrected chi connectivity index (χ2v) is 14.6. The summed E-state index contributed by atoms with van der Waals surface area (Å²) in [7, 11) is 1.87. The summed E-state index contributed by atoms with van der Waals surface area (Å²) in [5.74, 6) is -7.49. The molecule has 0 aromatic carbocycles. The van der Waals surface area contributed by atoms with Crippen LogP contribution in [-0.2, 0) is 53.8 Å². The van der Waals surface area contributed by atoms with Gasteiger partial charge in [-0.1, -0.05) is 0 Å². The Balaban J connectivity index is 1.96. The first-order chi connectivity index (χ1) is 23.9. The predicted molar refractivity (Wildman–Crippen MR) is 176 cm³/mol. The third kappa shape index (κ3) is 12.3. The SMILES string of the molecule is CC(NC(=O)CCC(=O)OC(CO)C1OC(=O)C(OP(=O)(N(C)C)N(C)C)=C1O)C(=O)NC(CCCCN)C(=O)NC(Cc1cnc[nH]1)C(=O)O. The minimum Gasteiger partial charge on any atom is -0.505 e. The highest BCUT2D eigenvalue weighted by Gasteiger charge is 2.46. The molecule has 1 aliphatic heterocycles. The van der Waals surface area contributed by atoms with Crippen molar-refractivity contribution < 1.29 is 62.6 Å². The van der Waals surface area contributed by atoms with Crippen molar-refractivity contribution in [3.05, 3.63) is 29.7 Å². The van der Waals surface area contributed by atoms with Crippen molar-refractivity contribution in [1.82, 2.24) is 35.3 Å². The average molecular weight is 747 g/mol. The maximum absolute atomic E-state index is 13.1. The van der Waals surface area contributed by atoms with Crippen LogP contribution in [0.5, 0.6) is 0 Å². The molecule has 1 aromatic heterocycles. The van der Waals surface area contributed by atoms with Crippen LogP contribution in [0.3, 0.4) is 0 Å². The Kier molecular flexibility index (Phi) is 16.5. The number of hydrogen-bond donors (Lipinski definition) is 8. The predicted octanol–water partition coefficient (Wildman–Crippen LogP) is -1.73. The molecule has 3 amide bonds. The molecule has 5 atom stereocenters. The molecule has 1 aliphatic rings. The van der Waals surface area contributed by atoms with E-state index in [9.17, 15) is 48.7 Å². The van der Waals surface area contributed by atoms with E-state index < -0.39 is 105 Å². The number of H-pyrrole nitrogens is 1. The second-order valence-electron chi connectivity index (χ2n) is 11.8. The molecule has 22 heteroatoms. The molecule has 0 aliphatic carbocycles. The fourth-order valence-corrected chi connectivity index (χ4v) is 6.05. The lowest BCUT2D eigenvalue weighted by Crippen LogP contribution is -2.55. The number of ether oxygens (including phenoxy) is 2. The lowest BCUT2D eigenvalue weighted by Gasteiger charge is -2.29. The maximum atomic E-state index is 13.1. The molecule has 0 bridgehead atoms. The fourth-order valence-electron chi connectivity index (χ4n) is 4.60. The number of aliphatic carboxylic acids is 1. The molecule has 286 valence electrons. The Morgan fingerprint density at radius 2 is 1.71 bits per heavy atom. The number of rotatable bonds is 22. The number of imidazole rings is 1. The zero-order chi connectivity index (χ0) is 38.5. The Morgan fingerprint density at radius 1 is 1.06 bits per heavy atom. The van der Waals surface area contributed by atoms with Crippen LogP contribution in [0.25, 0.3) is 0 Å². The van der Waals surface area contributed by atoms with E-state index in [0.717, 1.165) is 0 Å². The lowest BCUT2D eigenvalue weighted by molar-refractivity contribution is -0.165. The standard InChI is InChI=1S/C29H47N8O13P/c1-16(26(42)34-18(8-6-7-11-30)27(43)35-19(28(44)45)12-17-13-31-15-32-17)33-21(39)9-10-22(40)48-20(14-38)24-23(41)25(29(46)49-24)50-51(47,36(2)3)37(4)5/h13,15-16,18-20,24,38,41H,6-12,14,30H2,1-5H3,(H,31,32)(H,33,39)(H,34,42)(H,35,43)(H,44,45). The minimum absolute atomic E-state index is 0.0890. The monoisotopic (exact) mass is 746 g/mol. The van der Waals surface area contributed by atoms with Crippen molar-refractivity contribution >= 4 is 43.3 Å². The van der Waals surface area contributed by atoms with E-state index in [1.165, 1.54) is 57.0 Å². The number of aliphatic hydroxyl groups is 2. The number of carboxylic acids is 1. The van der Waals surface area contributed by atoms with E-state index in [0.29, 0.717) is 25.1 Å². The van der Waals surface area contributed by atoms with Gasteiger partial charge in [0, 0.05) is 24.7 Å². The zero-order valence-corrected chi connectivity index (χ0v) is 29.9. The van der Waals surface area contributed by atoms with E-state index >= 15 is 0 Å². The number of hydrogen-bond acceptors (Lipinski definition) is 14. The van der Waals surface area contributed by atoms with E-state index in [1.807, 2.05) is 0 Å². The summed E-state index contributed by atoms with van der Waals surface area (Å²) in [4.78, 5) is 81.9. The number of unbranched alkanes of at least 4 members (excludes halogenated alkanes) is 1. The van der Waals surface area contributed by atoms with Crippen LogP contribution in [-0.4, -0.2) is 142 Å². The molecule has 21 nitrogen and oxygen atoms in total. The van der Waals surface area contributed by atoms with Crippen molar-refractivity contribution in [2.45, 2.75) is 75.8 Å². The lowest BCUT2D eigenvalue weighted by atomic mass is 10.1. The summed E-state index contributed by atoms with van der Waals surface area (Å²) in [5, 5.41) is 37.3. The van der Waals surface area contributed by atoms with Gasteiger partial charge in [-0.05, 0) is 60.9 Å². The Morgan fingerprint density at radius 3 is 2.25 bits per heavy atom. The smallest absolute Gasteiger partial charge is 0.395 e. The number of esters is 2. The van der Waals surface area contributed by atoms with Crippen LogP contribution >= 0.6 is 7.67 Å². The highest BCUT2D eigenvalue weighted by Crippen LogP contribution is 2.53. The van der Waals surface area contributed by atoms with Crippen LogP contribution in [0.15, 0.2) is 24.0 Å². The highest BCUT2D eigenvalue weighted by molar-refractivity contribution is 7.54. The molecular formula is C29H47N8O13P. The molecule has 0 saturated carbocycles. The molecule has 1 aromatic rings. The quantitative estimate of drug-likeness (QED) is 0.0371.